The Balaban J connectivity index is 0.00000583. The molecule has 0 radical (unpaired) electrons. The summed E-state index contributed by atoms with van der Waals surface area (Å²) in [6, 6.07) is 12.5. The van der Waals surface area contributed by atoms with Crippen LogP contribution in [0.3, 0.4) is 0 Å². The minimum absolute atomic E-state index is 0. The van der Waals surface area contributed by atoms with Crippen molar-refractivity contribution < 1.29 is 23.1 Å². The highest BCUT2D eigenvalue weighted by atomic mass is 35.5. The number of aromatic carboxylic acids is 1. The Morgan fingerprint density at radius 3 is 2.31 bits per heavy atom. The molecule has 0 aliphatic carbocycles. The van der Waals surface area contributed by atoms with Crippen molar-refractivity contribution in [2.75, 3.05) is 29.3 Å². The Hall–Kier alpha value is -4.33. The fourth-order valence-corrected chi connectivity index (χ4v) is 7.14. The molecule has 2 aromatic carbocycles. The van der Waals surface area contributed by atoms with Gasteiger partial charge in [0.1, 0.15) is 12.4 Å². The lowest BCUT2D eigenvalue weighted by Gasteiger charge is -2.27. The van der Waals surface area contributed by atoms with Gasteiger partial charge in [-0.1, -0.05) is 58.9 Å². The molecular formula is C37H48ClN7O5S. The Kier molecular flexibility index (Phi) is 12.3. The molecule has 51 heavy (non-hydrogen) atoms. The van der Waals surface area contributed by atoms with Crippen LogP contribution in [-0.4, -0.2) is 65.2 Å². The number of carboxylic acid groups (broad SMARTS) is 1. The van der Waals surface area contributed by atoms with Gasteiger partial charge in [-0.2, -0.15) is 4.98 Å². The number of sulfonamides is 1. The second-order valence-electron chi connectivity index (χ2n) is 15.0. The predicted octanol–water partition coefficient (Wildman–Crippen LogP) is 6.68. The highest BCUT2D eigenvalue weighted by molar-refractivity contribution is 7.92. The van der Waals surface area contributed by atoms with E-state index in [-0.39, 0.29) is 58.2 Å². The number of benzene rings is 2. The van der Waals surface area contributed by atoms with Gasteiger partial charge in [-0.25, -0.2) is 32.9 Å². The van der Waals surface area contributed by atoms with E-state index < -0.39 is 16.0 Å². The van der Waals surface area contributed by atoms with Gasteiger partial charge >= 0.3 is 5.97 Å². The van der Waals surface area contributed by atoms with Crippen LogP contribution in [0.4, 0.5) is 11.6 Å². The van der Waals surface area contributed by atoms with Gasteiger partial charge in [-0.3, -0.25) is 0 Å². The normalized spacial score (nSPS) is 14.8. The molecule has 2 aromatic heterocycles. The number of carboxylic acids is 1. The van der Waals surface area contributed by atoms with Gasteiger partial charge in [0, 0.05) is 30.8 Å². The van der Waals surface area contributed by atoms with Gasteiger partial charge in [0.2, 0.25) is 11.8 Å². The molecule has 0 bridgehead atoms. The van der Waals surface area contributed by atoms with E-state index in [4.69, 9.17) is 4.74 Å². The molecule has 14 heteroatoms. The third-order valence-corrected chi connectivity index (χ3v) is 9.96. The maximum absolute atomic E-state index is 13.4. The number of hydrogen-bond donors (Lipinski definition) is 3. The standard InChI is InChI=1S/C37H47N7O5S.ClH/c1-24-10-8-11-25(2)33(24)30-17-32(42-35(41-30)43-50(47,48)29-13-9-12-26(16-29)34(45)46)49-22-27(18-36(3,4)5)38-21-31-39-19-28(20-40-31)44-15-14-37(6,7)23-44;/h8-13,16-17,19-20,27,38H,14-15,18,21-23H2,1-7H3,(H,45,46)(H,41,42,43);1H/t27-;/m1./s1. The van der Waals surface area contributed by atoms with Crippen molar-refractivity contribution in [2.45, 2.75) is 78.8 Å². The van der Waals surface area contributed by atoms with E-state index in [0.29, 0.717) is 18.1 Å². The molecule has 0 amide bonds. The monoisotopic (exact) mass is 737 g/mol. The molecule has 0 saturated carbocycles. The third-order valence-electron chi connectivity index (χ3n) is 8.63. The van der Waals surface area contributed by atoms with Gasteiger partial charge in [-0.05, 0) is 66.8 Å². The van der Waals surface area contributed by atoms with Gasteiger partial charge in [0.05, 0.1) is 40.8 Å². The van der Waals surface area contributed by atoms with Crippen LogP contribution in [0.2, 0.25) is 0 Å². The highest BCUT2D eigenvalue weighted by Gasteiger charge is 2.29. The number of hydrogen-bond acceptors (Lipinski definition) is 10. The third kappa shape index (κ3) is 10.6. The number of nitrogens with one attached hydrogen (secondary N) is 2. The van der Waals surface area contributed by atoms with Crippen LogP contribution in [0.25, 0.3) is 11.3 Å². The maximum atomic E-state index is 13.4. The maximum Gasteiger partial charge on any atom is 0.335 e. The number of ether oxygens (including phenoxy) is 1. The quantitative estimate of drug-likeness (QED) is 0.134. The summed E-state index contributed by atoms with van der Waals surface area (Å²) >= 11 is 0. The molecule has 0 unspecified atom stereocenters. The zero-order valence-electron chi connectivity index (χ0n) is 30.2. The number of nitrogens with zero attached hydrogens (tertiary/aromatic N) is 5. The Morgan fingerprint density at radius 1 is 1.04 bits per heavy atom. The number of aryl methyl sites for hydroxylation is 2. The van der Waals surface area contributed by atoms with Crippen molar-refractivity contribution in [1.82, 2.24) is 25.3 Å². The highest BCUT2D eigenvalue weighted by Crippen LogP contribution is 2.32. The number of anilines is 2. The first-order valence-corrected chi connectivity index (χ1v) is 18.2. The smallest absolute Gasteiger partial charge is 0.335 e. The van der Waals surface area contributed by atoms with Gasteiger partial charge in [0.15, 0.2) is 0 Å². The van der Waals surface area contributed by atoms with Crippen LogP contribution in [0.5, 0.6) is 5.88 Å². The number of carbonyl (C=O) groups is 1. The molecule has 1 atom stereocenters. The van der Waals surface area contributed by atoms with Gasteiger partial charge in [0.25, 0.3) is 10.0 Å². The lowest BCUT2D eigenvalue weighted by Crippen LogP contribution is -2.38. The van der Waals surface area contributed by atoms with E-state index in [1.54, 1.807) is 6.07 Å². The summed E-state index contributed by atoms with van der Waals surface area (Å²) in [4.78, 5) is 31.9. The lowest BCUT2D eigenvalue weighted by atomic mass is 9.88. The van der Waals surface area contributed by atoms with Crippen molar-refractivity contribution in [3.8, 4) is 17.1 Å². The van der Waals surface area contributed by atoms with Crippen molar-refractivity contribution in [1.29, 1.82) is 0 Å². The topological polar surface area (TPSA) is 160 Å². The molecular weight excluding hydrogens is 690 g/mol. The van der Waals surface area contributed by atoms with Crippen LogP contribution < -0.4 is 19.7 Å². The summed E-state index contributed by atoms with van der Waals surface area (Å²) in [7, 11) is -4.24. The molecule has 12 nitrogen and oxygen atoms in total. The van der Waals surface area contributed by atoms with Crippen molar-refractivity contribution in [3.63, 3.8) is 0 Å². The van der Waals surface area contributed by atoms with Crippen LogP contribution in [0.15, 0.2) is 65.8 Å². The summed E-state index contributed by atoms with van der Waals surface area (Å²) in [6.07, 6.45) is 5.67. The molecule has 4 aromatic rings. The Bertz CT molecular complexity index is 1930. The molecule has 1 saturated heterocycles. The fourth-order valence-electron chi connectivity index (χ4n) is 6.15. The minimum atomic E-state index is -4.24. The average molecular weight is 738 g/mol. The molecule has 1 fully saturated rings. The van der Waals surface area contributed by atoms with Gasteiger partial charge < -0.3 is 20.1 Å². The minimum Gasteiger partial charge on any atom is -0.478 e. The molecule has 1 aliphatic heterocycles. The molecule has 3 heterocycles. The molecule has 1 aliphatic rings. The first kappa shape index (κ1) is 39.5. The zero-order chi connectivity index (χ0) is 36.3. The zero-order valence-corrected chi connectivity index (χ0v) is 31.9. The first-order valence-electron chi connectivity index (χ1n) is 16.7. The predicted molar refractivity (Wildman–Crippen MR) is 201 cm³/mol. The van der Waals surface area contributed by atoms with Gasteiger partial charge in [-0.15, -0.1) is 12.4 Å². The molecule has 274 valence electrons. The van der Waals surface area contributed by atoms with Crippen LogP contribution in [-0.2, 0) is 16.6 Å². The molecule has 3 N–H and O–H groups in total. The van der Waals surface area contributed by atoms with E-state index in [0.717, 1.165) is 54.4 Å². The second kappa shape index (κ2) is 15.9. The van der Waals surface area contributed by atoms with Crippen molar-refractivity contribution in [3.05, 3.63) is 83.4 Å². The Morgan fingerprint density at radius 2 is 1.71 bits per heavy atom. The van der Waals surface area contributed by atoms with Crippen LogP contribution >= 0.6 is 12.4 Å². The SMILES string of the molecule is Cc1cccc(C)c1-c1cc(OC[C@@H](CC(C)(C)C)NCc2ncc(N3CCC(C)(C)C3)cn2)nc(NS(=O)(=O)c2cccc(C(=O)O)c2)n1.Cl. The second-order valence-corrected chi connectivity index (χ2v) is 16.6. The fraction of sp³-hybridized carbons (Fsp3) is 0.432. The summed E-state index contributed by atoms with van der Waals surface area (Å²) < 4.78 is 35.5. The number of halogens is 1. The van der Waals surface area contributed by atoms with E-state index in [2.05, 4.69) is 69.5 Å². The van der Waals surface area contributed by atoms with E-state index in [9.17, 15) is 18.3 Å². The van der Waals surface area contributed by atoms with Crippen LogP contribution in [0, 0.1) is 24.7 Å². The van der Waals surface area contributed by atoms with Crippen LogP contribution in [0.1, 0.15) is 74.8 Å². The Labute approximate surface area is 307 Å². The summed E-state index contributed by atoms with van der Waals surface area (Å²) in [6.45, 7) is 17.6. The summed E-state index contributed by atoms with van der Waals surface area (Å²) in [5.74, 6) is -0.575. The van der Waals surface area contributed by atoms with E-state index >= 15 is 0 Å². The lowest BCUT2D eigenvalue weighted by molar-refractivity contribution is 0.0696. The first-order chi connectivity index (χ1) is 23.5. The van der Waals surface area contributed by atoms with Crippen molar-refractivity contribution >= 4 is 40.0 Å². The number of rotatable bonds is 13. The summed E-state index contributed by atoms with van der Waals surface area (Å²) in [5.41, 5.74) is 4.33. The summed E-state index contributed by atoms with van der Waals surface area (Å²) in [5, 5.41) is 12.9. The number of aromatic nitrogens is 4. The molecule has 5 rings (SSSR count). The van der Waals surface area contributed by atoms with Crippen molar-refractivity contribution in [2.24, 2.45) is 10.8 Å². The van der Waals surface area contributed by atoms with E-state index in [1.807, 2.05) is 44.4 Å². The largest absolute Gasteiger partial charge is 0.478 e. The average Bonchev–Trinajstić information content (AvgIpc) is 3.41. The molecule has 0 spiro atoms. The van der Waals surface area contributed by atoms with E-state index in [1.165, 1.54) is 18.2 Å².